The van der Waals surface area contributed by atoms with E-state index in [4.69, 9.17) is 0 Å². The molecule has 1 N–H and O–H groups in total. The molecule has 0 radical (unpaired) electrons. The van der Waals surface area contributed by atoms with E-state index < -0.39 is 27.0 Å². The van der Waals surface area contributed by atoms with Gasteiger partial charge in [-0.25, -0.2) is 4.79 Å². The van der Waals surface area contributed by atoms with Crippen LogP contribution in [-0.2, 0) is 14.3 Å². The first-order valence-electron chi connectivity index (χ1n) is 5.16. The van der Waals surface area contributed by atoms with E-state index in [9.17, 15) is 29.0 Å². The normalized spacial score (nSPS) is 14.9. The maximum absolute atomic E-state index is 12.4. The third-order valence-electron chi connectivity index (χ3n) is 2.02. The molecule has 1 aromatic rings. The summed E-state index contributed by atoms with van der Waals surface area (Å²) < 4.78 is 66.4. The smallest absolute Gasteiger partial charge is 0.397 e. The van der Waals surface area contributed by atoms with E-state index >= 15 is 0 Å². The van der Waals surface area contributed by atoms with Crippen molar-refractivity contribution in [3.63, 3.8) is 0 Å². The summed E-state index contributed by atoms with van der Waals surface area (Å²) in [6.07, 6.45) is 0. The van der Waals surface area contributed by atoms with Crippen LogP contribution in [0, 0.1) is 0 Å². The second-order valence-electron chi connectivity index (χ2n) is 3.67. The molecular formula is C10H10F5NO3S. The van der Waals surface area contributed by atoms with Crippen LogP contribution in [0.25, 0.3) is 0 Å². The Kier molecular flexibility index (Phi) is 3.51. The molecule has 0 aliphatic heterocycles. The molecule has 4 nitrogen and oxygen atoms in total. The summed E-state index contributed by atoms with van der Waals surface area (Å²) >= 11 is 0. The maximum Gasteiger partial charge on any atom is 0.397 e. The molecule has 114 valence electrons. The molecule has 0 saturated heterocycles. The summed E-state index contributed by atoms with van der Waals surface area (Å²) in [5.74, 6) is -2.45. The van der Waals surface area contributed by atoms with Gasteiger partial charge in [0.1, 0.15) is 4.90 Å². The highest BCUT2D eigenvalue weighted by Crippen LogP contribution is 3.02. The highest BCUT2D eigenvalue weighted by Gasteiger charge is 2.65. The zero-order chi connectivity index (χ0) is 15.7. The van der Waals surface area contributed by atoms with Gasteiger partial charge in [0.05, 0.1) is 6.61 Å². The van der Waals surface area contributed by atoms with Crippen LogP contribution in [0.4, 0.5) is 25.1 Å². The van der Waals surface area contributed by atoms with Crippen LogP contribution >= 0.6 is 10.2 Å². The second-order valence-corrected chi connectivity index (χ2v) is 6.08. The molecule has 20 heavy (non-hydrogen) atoms. The number of anilines is 1. The zero-order valence-electron chi connectivity index (χ0n) is 10.0. The summed E-state index contributed by atoms with van der Waals surface area (Å²) in [5.41, 5.74) is -0.242. The fraction of sp³-hybridized carbons (Fsp3) is 0.200. The lowest BCUT2D eigenvalue weighted by atomic mass is 10.3. The van der Waals surface area contributed by atoms with Gasteiger partial charge in [-0.1, -0.05) is 19.4 Å². The predicted molar refractivity (Wildman–Crippen MR) is 63.1 cm³/mol. The molecule has 0 bridgehead atoms. The quantitative estimate of drug-likeness (QED) is 0.523. The molecule has 0 fully saturated rings. The molecule has 0 aromatic heterocycles. The Bertz CT molecular complexity index is 540. The van der Waals surface area contributed by atoms with Gasteiger partial charge in [-0.2, -0.15) is 0 Å². The number of halogens is 5. The van der Waals surface area contributed by atoms with Crippen LogP contribution < -0.4 is 5.32 Å². The van der Waals surface area contributed by atoms with Crippen molar-refractivity contribution in [1.29, 1.82) is 0 Å². The first kappa shape index (κ1) is 16.2. The number of nitrogens with one attached hydrogen (secondary N) is 1. The third-order valence-corrected chi connectivity index (χ3v) is 3.18. The van der Waals surface area contributed by atoms with Gasteiger partial charge in [-0.05, 0) is 31.2 Å². The molecule has 0 spiro atoms. The van der Waals surface area contributed by atoms with Gasteiger partial charge in [0.2, 0.25) is 0 Å². The van der Waals surface area contributed by atoms with E-state index in [0.29, 0.717) is 12.1 Å². The summed E-state index contributed by atoms with van der Waals surface area (Å²) in [7, 11) is -9.74. The van der Waals surface area contributed by atoms with Gasteiger partial charge in [0, 0.05) is 5.69 Å². The average molecular weight is 319 g/mol. The van der Waals surface area contributed by atoms with Crippen LogP contribution in [0.1, 0.15) is 6.92 Å². The lowest BCUT2D eigenvalue weighted by molar-refractivity contribution is -0.152. The van der Waals surface area contributed by atoms with Gasteiger partial charge in [0.15, 0.2) is 0 Å². The van der Waals surface area contributed by atoms with Gasteiger partial charge in [-0.3, -0.25) is 4.79 Å². The Labute approximate surface area is 110 Å². The number of carbonyl (C=O) groups excluding carboxylic acids is 2. The van der Waals surface area contributed by atoms with Gasteiger partial charge >= 0.3 is 22.1 Å². The molecular weight excluding hydrogens is 309 g/mol. The summed E-state index contributed by atoms with van der Waals surface area (Å²) in [6, 6.07) is 1.49. The number of benzene rings is 1. The number of esters is 1. The number of hydrogen-bond acceptors (Lipinski definition) is 3. The largest absolute Gasteiger partial charge is 0.459 e. The van der Waals surface area contributed by atoms with Crippen molar-refractivity contribution in [1.82, 2.24) is 0 Å². The van der Waals surface area contributed by atoms with Crippen LogP contribution in [0.5, 0.6) is 0 Å². The highest BCUT2D eigenvalue weighted by molar-refractivity contribution is 8.45. The Balaban J connectivity index is 2.89. The number of carbonyl (C=O) groups is 2. The molecule has 0 atom stereocenters. The van der Waals surface area contributed by atoms with E-state index in [2.05, 4.69) is 4.74 Å². The van der Waals surface area contributed by atoms with Gasteiger partial charge in [0.25, 0.3) is 0 Å². The summed E-state index contributed by atoms with van der Waals surface area (Å²) in [5, 5.41) is 1.92. The van der Waals surface area contributed by atoms with E-state index in [-0.39, 0.29) is 24.4 Å². The minimum Gasteiger partial charge on any atom is -0.459 e. The van der Waals surface area contributed by atoms with Crippen molar-refractivity contribution < 1.29 is 33.8 Å². The molecule has 0 heterocycles. The zero-order valence-corrected chi connectivity index (χ0v) is 10.9. The highest BCUT2D eigenvalue weighted by atomic mass is 32.5. The van der Waals surface area contributed by atoms with Crippen molar-refractivity contribution in [3.8, 4) is 0 Å². The fourth-order valence-electron chi connectivity index (χ4n) is 1.17. The van der Waals surface area contributed by atoms with Crippen molar-refractivity contribution in [2.24, 2.45) is 0 Å². The Morgan fingerprint density at radius 1 is 1.10 bits per heavy atom. The number of amides is 1. The topological polar surface area (TPSA) is 55.4 Å². The van der Waals surface area contributed by atoms with Crippen LogP contribution in [0.3, 0.4) is 0 Å². The van der Waals surface area contributed by atoms with Crippen LogP contribution in [0.15, 0.2) is 29.2 Å². The Morgan fingerprint density at radius 3 is 2.00 bits per heavy atom. The number of ether oxygens (including phenoxy) is 1. The SMILES string of the molecule is CCOC(=O)C(=O)Nc1ccc(S(F)(F)(F)(F)F)cc1. The molecule has 0 aliphatic carbocycles. The molecule has 0 saturated carbocycles. The molecule has 0 unspecified atom stereocenters. The molecule has 0 aliphatic rings. The molecule has 10 heteroatoms. The summed E-state index contributed by atoms with van der Waals surface area (Å²) in [6.45, 7) is 1.39. The van der Waals surface area contributed by atoms with Crippen molar-refractivity contribution in [2.75, 3.05) is 11.9 Å². The molecule has 1 aromatic carbocycles. The molecule has 1 amide bonds. The summed E-state index contributed by atoms with van der Waals surface area (Å²) in [4.78, 5) is 20.0. The lowest BCUT2D eigenvalue weighted by Crippen LogP contribution is -2.24. The third kappa shape index (κ3) is 4.37. The second kappa shape index (κ2) is 4.33. The van der Waals surface area contributed by atoms with Crippen molar-refractivity contribution in [3.05, 3.63) is 24.3 Å². The van der Waals surface area contributed by atoms with E-state index in [1.807, 2.05) is 5.32 Å². The van der Waals surface area contributed by atoms with Gasteiger partial charge in [-0.15, -0.1) is 0 Å². The van der Waals surface area contributed by atoms with Crippen molar-refractivity contribution >= 4 is 27.8 Å². The number of hydrogen-bond donors (Lipinski definition) is 1. The first-order valence-corrected chi connectivity index (χ1v) is 7.11. The maximum atomic E-state index is 12.4. The first-order chi connectivity index (χ1) is 8.83. The predicted octanol–water partition coefficient (Wildman–Crippen LogP) is 3.85. The van der Waals surface area contributed by atoms with E-state index in [1.54, 1.807) is 0 Å². The van der Waals surface area contributed by atoms with E-state index in [1.165, 1.54) is 6.92 Å². The lowest BCUT2D eigenvalue weighted by Gasteiger charge is -2.40. The standard InChI is InChI=1S/C10H10F5NO3S/c1-2-19-10(18)9(17)16-7-3-5-8(6-4-7)20(11,12,13,14)15/h3-6H,2H2,1H3,(H,16,17). The number of rotatable bonds is 3. The Hall–Kier alpha value is -1.84. The Morgan fingerprint density at radius 2 is 1.60 bits per heavy atom. The van der Waals surface area contributed by atoms with Crippen molar-refractivity contribution in [2.45, 2.75) is 11.8 Å². The van der Waals surface area contributed by atoms with Gasteiger partial charge < -0.3 is 10.1 Å². The fourth-order valence-corrected chi connectivity index (χ4v) is 1.82. The minimum atomic E-state index is -9.74. The van der Waals surface area contributed by atoms with E-state index in [0.717, 1.165) is 0 Å². The van der Waals surface area contributed by atoms with Crippen LogP contribution in [-0.4, -0.2) is 18.5 Å². The molecule has 1 rings (SSSR count). The average Bonchev–Trinajstić information content (AvgIpc) is 2.27. The monoisotopic (exact) mass is 319 g/mol. The minimum absolute atomic E-state index is 0.0601. The van der Waals surface area contributed by atoms with Crippen LogP contribution in [0.2, 0.25) is 0 Å².